The molecule has 1 unspecified atom stereocenters. The van der Waals surface area contributed by atoms with Gasteiger partial charge >= 0.3 is 0 Å². The van der Waals surface area contributed by atoms with Crippen LogP contribution in [0.3, 0.4) is 0 Å². The van der Waals surface area contributed by atoms with Crippen molar-refractivity contribution < 1.29 is 0 Å². The molecule has 1 aliphatic heterocycles. The van der Waals surface area contributed by atoms with E-state index in [1.807, 2.05) is 0 Å². The van der Waals surface area contributed by atoms with E-state index in [-0.39, 0.29) is 6.04 Å². The molecule has 0 fully saturated rings. The van der Waals surface area contributed by atoms with E-state index >= 15 is 0 Å². The van der Waals surface area contributed by atoms with E-state index < -0.39 is 0 Å². The molecular weight excluding hydrogens is 851 g/mol. The maximum Gasteiger partial charge on any atom is 0.137 e. The molecule has 13 aromatic rings. The molecule has 1 aliphatic rings. The van der Waals surface area contributed by atoms with Gasteiger partial charge in [0.25, 0.3) is 0 Å². The summed E-state index contributed by atoms with van der Waals surface area (Å²) in [6, 6.07) is 88.1. The van der Waals surface area contributed by atoms with Gasteiger partial charge in [0.2, 0.25) is 0 Å². The Morgan fingerprint density at radius 1 is 0.314 bits per heavy atom. The van der Waals surface area contributed by atoms with Gasteiger partial charge in [-0.1, -0.05) is 164 Å². The van der Waals surface area contributed by atoms with Gasteiger partial charge in [0, 0.05) is 67.6 Å². The highest BCUT2D eigenvalue weighted by Gasteiger charge is 2.27. The Kier molecular flexibility index (Phi) is 9.11. The van der Waals surface area contributed by atoms with Crippen molar-refractivity contribution in [3.63, 3.8) is 0 Å². The summed E-state index contributed by atoms with van der Waals surface area (Å²) in [5, 5.41) is 7.35. The number of fused-ring (bicyclic) bond motifs is 9. The molecule has 0 saturated heterocycles. The first-order valence-electron chi connectivity index (χ1n) is 24.0. The van der Waals surface area contributed by atoms with Gasteiger partial charge in [0.05, 0.1) is 44.8 Å². The van der Waals surface area contributed by atoms with Crippen molar-refractivity contribution in [2.75, 3.05) is 7.05 Å². The molecule has 4 heterocycles. The lowest BCUT2D eigenvalue weighted by Crippen LogP contribution is -2.33. The zero-order chi connectivity index (χ0) is 46.3. The fraction of sp³-hybridized carbons (Fsp3) is 0.0308. The van der Waals surface area contributed by atoms with Gasteiger partial charge in [-0.3, -0.25) is 0 Å². The van der Waals surface area contributed by atoms with Crippen LogP contribution in [0.5, 0.6) is 0 Å². The average Bonchev–Trinajstić information content (AvgIpc) is 4.07. The van der Waals surface area contributed by atoms with E-state index in [0.29, 0.717) is 0 Å². The molecule has 1 atom stereocenters. The Bertz CT molecular complexity index is 4190. The van der Waals surface area contributed by atoms with E-state index in [1.54, 1.807) is 0 Å². The molecule has 5 nitrogen and oxygen atoms in total. The van der Waals surface area contributed by atoms with Gasteiger partial charge in [-0.15, -0.1) is 0 Å². The Morgan fingerprint density at radius 2 is 0.714 bits per heavy atom. The van der Waals surface area contributed by atoms with Crippen molar-refractivity contribution in [2.24, 2.45) is 4.99 Å². The molecule has 0 radical (unpaired) electrons. The fourth-order valence-corrected chi connectivity index (χ4v) is 11.2. The lowest BCUT2D eigenvalue weighted by Gasteiger charge is -2.33. The lowest BCUT2D eigenvalue weighted by molar-refractivity contribution is 0.435. The summed E-state index contributed by atoms with van der Waals surface area (Å²) in [6.45, 7) is 0. The van der Waals surface area contributed by atoms with Crippen molar-refractivity contribution in [1.82, 2.24) is 18.6 Å². The summed E-state index contributed by atoms with van der Waals surface area (Å²) >= 11 is 0. The zero-order valence-corrected chi connectivity index (χ0v) is 38.5. The predicted molar refractivity (Wildman–Crippen MR) is 293 cm³/mol. The summed E-state index contributed by atoms with van der Waals surface area (Å²) in [5.74, 6) is 0.933. The molecule has 0 saturated carbocycles. The van der Waals surface area contributed by atoms with Gasteiger partial charge < -0.3 is 18.6 Å². The Hall–Kier alpha value is -9.19. The normalized spacial score (nSPS) is 14.1. The number of hydrogen-bond acceptors (Lipinski definition) is 2. The van der Waals surface area contributed by atoms with Crippen LogP contribution in [0.1, 0.15) is 22.7 Å². The predicted octanol–water partition coefficient (Wildman–Crippen LogP) is 16.1. The smallest absolute Gasteiger partial charge is 0.137 e. The van der Waals surface area contributed by atoms with Crippen LogP contribution in [-0.4, -0.2) is 31.5 Å². The standard InChI is InChI=1S/C65H45N5/c1-67-64(43-19-5-2-6-20-43)42-57(66-65(67)44-21-7-3-8-22-44)47-37-49(69-58-29-15-11-25-51(58)52-26-12-16-30-59(52)69)41-50(38-47)70-61-32-18-14-28-54(61)56-40-46(34-36-63(56)70)45-33-35-62-55(39-45)53-27-13-17-31-60(53)68(62)48-23-9-4-10-24-48/h2-42,64H,1H3. The van der Waals surface area contributed by atoms with Crippen LogP contribution in [0.2, 0.25) is 0 Å². The van der Waals surface area contributed by atoms with Gasteiger partial charge in [0.15, 0.2) is 0 Å². The Morgan fingerprint density at radius 3 is 1.21 bits per heavy atom. The quantitative estimate of drug-likeness (QED) is 0.157. The number of para-hydroxylation sites is 5. The van der Waals surface area contributed by atoms with Gasteiger partial charge in [-0.25, -0.2) is 4.99 Å². The topological polar surface area (TPSA) is 30.4 Å². The first-order chi connectivity index (χ1) is 34.6. The molecule has 0 amide bonds. The number of amidine groups is 1. The van der Waals surface area contributed by atoms with Crippen LogP contribution in [0.4, 0.5) is 0 Å². The summed E-state index contributed by atoms with van der Waals surface area (Å²) in [4.78, 5) is 7.86. The van der Waals surface area contributed by atoms with Crippen LogP contribution < -0.4 is 0 Å². The molecule has 0 aliphatic carbocycles. The second-order valence-corrected chi connectivity index (χ2v) is 18.4. The first-order valence-corrected chi connectivity index (χ1v) is 24.0. The third-order valence-corrected chi connectivity index (χ3v) is 14.5. The lowest BCUT2D eigenvalue weighted by atomic mass is 9.98. The molecule has 0 bridgehead atoms. The third-order valence-electron chi connectivity index (χ3n) is 14.5. The van der Waals surface area contributed by atoms with Crippen LogP contribution in [0.25, 0.3) is 99.3 Å². The van der Waals surface area contributed by atoms with Crippen LogP contribution in [-0.2, 0) is 0 Å². The molecule has 0 N–H and O–H groups in total. The molecule has 330 valence electrons. The van der Waals surface area contributed by atoms with Crippen LogP contribution in [0.15, 0.2) is 254 Å². The van der Waals surface area contributed by atoms with Gasteiger partial charge in [0.1, 0.15) is 5.84 Å². The monoisotopic (exact) mass is 895 g/mol. The van der Waals surface area contributed by atoms with Crippen molar-refractivity contribution in [3.8, 4) is 28.2 Å². The Balaban J connectivity index is 0.997. The summed E-state index contributed by atoms with van der Waals surface area (Å²) < 4.78 is 7.27. The van der Waals surface area contributed by atoms with E-state index in [9.17, 15) is 0 Å². The minimum Gasteiger partial charge on any atom is -0.349 e. The minimum absolute atomic E-state index is 0.0370. The zero-order valence-electron chi connectivity index (χ0n) is 38.5. The number of benzene rings is 10. The average molecular weight is 896 g/mol. The number of nitrogens with zero attached hydrogens (tertiary/aromatic N) is 5. The Labute approximate surface area is 405 Å². The SMILES string of the molecule is CN1C(c2ccccc2)=NC(c2cc(-n3c4ccccc4c4ccccc43)cc(-n3c4ccccc4c4cc(-c5ccc6c(c5)c5ccccc5n6-c5ccccc5)ccc43)c2)=CC1c1ccccc1. The molecule has 10 aromatic carbocycles. The van der Waals surface area contributed by atoms with Gasteiger partial charge in [-0.2, -0.15) is 0 Å². The molecule has 5 heteroatoms. The van der Waals surface area contributed by atoms with Crippen molar-refractivity contribution in [1.29, 1.82) is 0 Å². The summed E-state index contributed by atoms with van der Waals surface area (Å²) in [6.07, 6.45) is 2.34. The molecular formula is C65H45N5. The molecule has 0 spiro atoms. The summed E-state index contributed by atoms with van der Waals surface area (Å²) in [5.41, 5.74) is 16.9. The molecule has 70 heavy (non-hydrogen) atoms. The van der Waals surface area contributed by atoms with Crippen LogP contribution >= 0.6 is 0 Å². The number of aromatic nitrogens is 3. The molecule has 14 rings (SSSR count). The number of rotatable bonds is 7. The van der Waals surface area contributed by atoms with E-state index in [4.69, 9.17) is 4.99 Å². The number of aliphatic imine (C=N–C) groups is 1. The van der Waals surface area contributed by atoms with Crippen molar-refractivity contribution in [3.05, 3.63) is 265 Å². The van der Waals surface area contributed by atoms with E-state index in [0.717, 1.165) is 61.8 Å². The largest absolute Gasteiger partial charge is 0.349 e. The highest BCUT2D eigenvalue weighted by atomic mass is 15.2. The maximum absolute atomic E-state index is 5.56. The van der Waals surface area contributed by atoms with E-state index in [2.05, 4.69) is 274 Å². The van der Waals surface area contributed by atoms with Crippen LogP contribution in [0, 0.1) is 0 Å². The van der Waals surface area contributed by atoms with E-state index in [1.165, 1.54) is 60.0 Å². The maximum atomic E-state index is 5.56. The second-order valence-electron chi connectivity index (χ2n) is 18.4. The fourth-order valence-electron chi connectivity index (χ4n) is 11.2. The second kappa shape index (κ2) is 16.0. The van der Waals surface area contributed by atoms with Crippen molar-refractivity contribution in [2.45, 2.75) is 6.04 Å². The number of likely N-dealkylation sites (N-methyl/N-ethyl adjacent to an activating group) is 1. The highest BCUT2D eigenvalue weighted by molar-refractivity contribution is 6.13. The first kappa shape index (κ1) is 39.9. The minimum atomic E-state index is -0.0370. The third kappa shape index (κ3) is 6.29. The highest BCUT2D eigenvalue weighted by Crippen LogP contribution is 2.41. The molecule has 3 aromatic heterocycles. The van der Waals surface area contributed by atoms with Gasteiger partial charge in [-0.05, 0) is 102 Å². The van der Waals surface area contributed by atoms with Crippen molar-refractivity contribution >= 4 is 77.0 Å². The summed E-state index contributed by atoms with van der Waals surface area (Å²) in [7, 11) is 2.16. The number of hydrogen-bond donors (Lipinski definition) is 0.